The van der Waals surface area contributed by atoms with Gasteiger partial charge >= 0.3 is 0 Å². The van der Waals surface area contributed by atoms with Crippen molar-refractivity contribution in [2.75, 3.05) is 19.0 Å². The van der Waals surface area contributed by atoms with Gasteiger partial charge in [0.1, 0.15) is 0 Å². The monoisotopic (exact) mass is 346 g/mol. The predicted molar refractivity (Wildman–Crippen MR) is 96.3 cm³/mol. The molecule has 7 heteroatoms. The molecule has 6 nitrogen and oxygen atoms in total. The maximum absolute atomic E-state index is 12.1. The van der Waals surface area contributed by atoms with E-state index in [-0.39, 0.29) is 5.56 Å². The summed E-state index contributed by atoms with van der Waals surface area (Å²) in [5, 5.41) is 8.91. The Bertz CT molecular complexity index is 946. The summed E-state index contributed by atoms with van der Waals surface area (Å²) in [6.45, 7) is 3.16. The summed E-state index contributed by atoms with van der Waals surface area (Å²) in [5.74, 6) is 0. The highest BCUT2D eigenvalue weighted by Gasteiger charge is 2.12. The molecule has 0 aliphatic carbocycles. The van der Waals surface area contributed by atoms with Crippen LogP contribution >= 0.6 is 11.6 Å². The van der Waals surface area contributed by atoms with Crippen molar-refractivity contribution < 1.29 is 4.74 Å². The van der Waals surface area contributed by atoms with Crippen LogP contribution in [0.15, 0.2) is 35.4 Å². The van der Waals surface area contributed by atoms with Gasteiger partial charge in [0.15, 0.2) is 0 Å². The maximum atomic E-state index is 12.1. The van der Waals surface area contributed by atoms with Gasteiger partial charge in [-0.25, -0.2) is 4.68 Å². The lowest BCUT2D eigenvalue weighted by molar-refractivity contribution is 0.188. The highest BCUT2D eigenvalue weighted by atomic mass is 35.5. The third-order valence-corrected chi connectivity index (χ3v) is 4.39. The molecular formula is C17H19ClN4O2. The highest BCUT2D eigenvalue weighted by molar-refractivity contribution is 6.35. The molecule has 3 aromatic rings. The molecule has 0 saturated heterocycles. The highest BCUT2D eigenvalue weighted by Crippen LogP contribution is 2.34. The van der Waals surface area contributed by atoms with E-state index in [4.69, 9.17) is 16.3 Å². The topological polar surface area (TPSA) is 61.1 Å². The van der Waals surface area contributed by atoms with Crippen molar-refractivity contribution >= 4 is 33.9 Å². The van der Waals surface area contributed by atoms with E-state index >= 15 is 0 Å². The number of fused-ring (bicyclic) bond motifs is 1. The molecule has 0 amide bonds. The van der Waals surface area contributed by atoms with Gasteiger partial charge in [0.05, 0.1) is 34.7 Å². The number of nitrogens with zero attached hydrogens (tertiary/aromatic N) is 3. The summed E-state index contributed by atoms with van der Waals surface area (Å²) in [5.41, 5.74) is 2.93. The van der Waals surface area contributed by atoms with Crippen molar-refractivity contribution in [2.45, 2.75) is 13.5 Å². The number of ether oxygens (including phenoxy) is 1. The van der Waals surface area contributed by atoms with Gasteiger partial charge in [-0.2, -0.15) is 5.10 Å². The van der Waals surface area contributed by atoms with Crippen molar-refractivity contribution in [3.8, 4) is 0 Å². The average Bonchev–Trinajstić information content (AvgIpc) is 2.98. The van der Waals surface area contributed by atoms with E-state index < -0.39 is 0 Å². The Morgan fingerprint density at radius 2 is 2.12 bits per heavy atom. The van der Waals surface area contributed by atoms with Gasteiger partial charge in [0.25, 0.3) is 5.56 Å². The SMILES string of the molecule is COCCn1ccc2c(Nc3cnn(C)c(=O)c3C)c(Cl)ccc21. The number of rotatable bonds is 5. The molecule has 0 unspecified atom stereocenters. The van der Waals surface area contributed by atoms with Crippen LogP contribution in [0.1, 0.15) is 5.56 Å². The Morgan fingerprint density at radius 1 is 1.33 bits per heavy atom. The van der Waals surface area contributed by atoms with Crippen molar-refractivity contribution in [3.63, 3.8) is 0 Å². The molecule has 0 aliphatic rings. The lowest BCUT2D eigenvalue weighted by Gasteiger charge is -2.13. The summed E-state index contributed by atoms with van der Waals surface area (Å²) in [7, 11) is 3.31. The number of nitrogens with one attached hydrogen (secondary N) is 1. The van der Waals surface area contributed by atoms with Gasteiger partial charge in [-0.3, -0.25) is 4.79 Å². The summed E-state index contributed by atoms with van der Waals surface area (Å²) >= 11 is 6.39. The van der Waals surface area contributed by atoms with E-state index in [1.165, 1.54) is 4.68 Å². The largest absolute Gasteiger partial charge is 0.383 e. The first kappa shape index (κ1) is 16.5. The Morgan fingerprint density at radius 3 is 2.88 bits per heavy atom. The molecule has 0 atom stereocenters. The van der Waals surface area contributed by atoms with Crippen molar-refractivity contribution in [1.29, 1.82) is 0 Å². The number of hydrogen-bond donors (Lipinski definition) is 1. The fourth-order valence-corrected chi connectivity index (χ4v) is 2.88. The van der Waals surface area contributed by atoms with Gasteiger partial charge in [-0.05, 0) is 25.1 Å². The van der Waals surface area contributed by atoms with Crippen LogP contribution in [0.25, 0.3) is 10.9 Å². The molecular weight excluding hydrogens is 328 g/mol. The van der Waals surface area contributed by atoms with Gasteiger partial charge in [0.2, 0.25) is 0 Å². The molecule has 0 bridgehead atoms. The first-order valence-corrected chi connectivity index (χ1v) is 7.97. The minimum Gasteiger partial charge on any atom is -0.383 e. The zero-order chi connectivity index (χ0) is 17.3. The Hall–Kier alpha value is -2.31. The normalized spacial score (nSPS) is 11.2. The number of aromatic nitrogens is 3. The van der Waals surface area contributed by atoms with Crippen LogP contribution < -0.4 is 10.9 Å². The smallest absolute Gasteiger partial charge is 0.271 e. The van der Waals surface area contributed by atoms with Crippen LogP contribution in [-0.2, 0) is 18.3 Å². The molecule has 2 heterocycles. The lowest BCUT2D eigenvalue weighted by atomic mass is 10.2. The second-order valence-corrected chi connectivity index (χ2v) is 6.00. The molecule has 0 spiro atoms. The van der Waals surface area contributed by atoms with Crippen molar-refractivity contribution in [3.05, 3.63) is 51.5 Å². The number of aryl methyl sites for hydroxylation is 1. The Labute approximate surface area is 144 Å². The molecule has 0 saturated carbocycles. The maximum Gasteiger partial charge on any atom is 0.271 e. The van der Waals surface area contributed by atoms with E-state index in [1.54, 1.807) is 27.3 Å². The van der Waals surface area contributed by atoms with Gasteiger partial charge in [0, 0.05) is 37.8 Å². The fourth-order valence-electron chi connectivity index (χ4n) is 2.67. The number of hydrogen-bond acceptors (Lipinski definition) is 4. The molecule has 1 aromatic carbocycles. The number of halogens is 1. The van der Waals surface area contributed by atoms with E-state index in [0.29, 0.717) is 22.9 Å². The average molecular weight is 347 g/mol. The lowest BCUT2D eigenvalue weighted by Crippen LogP contribution is -2.22. The second kappa shape index (κ2) is 6.67. The predicted octanol–water partition coefficient (Wildman–Crippen LogP) is 3.09. The molecule has 24 heavy (non-hydrogen) atoms. The number of anilines is 2. The minimum absolute atomic E-state index is 0.138. The van der Waals surface area contributed by atoms with Crippen LogP contribution in [-0.4, -0.2) is 28.1 Å². The van der Waals surface area contributed by atoms with Crippen LogP contribution in [0.2, 0.25) is 5.02 Å². The Balaban J connectivity index is 2.06. The zero-order valence-corrected chi connectivity index (χ0v) is 14.6. The summed E-state index contributed by atoms with van der Waals surface area (Å²) in [4.78, 5) is 12.1. The summed E-state index contributed by atoms with van der Waals surface area (Å²) in [6.07, 6.45) is 3.63. The standard InChI is InChI=1S/C17H19ClN4O2/c1-11-14(10-19-21(2)17(11)23)20-16-12-6-7-22(8-9-24-3)15(12)5-4-13(16)18/h4-7,10,20H,8-9H2,1-3H3. The number of benzene rings is 1. The van der Waals surface area contributed by atoms with E-state index in [1.807, 2.05) is 24.4 Å². The van der Waals surface area contributed by atoms with E-state index in [0.717, 1.165) is 23.1 Å². The minimum atomic E-state index is -0.138. The van der Waals surface area contributed by atoms with E-state index in [2.05, 4.69) is 15.0 Å². The molecule has 0 fully saturated rings. The van der Waals surface area contributed by atoms with Gasteiger partial charge in [-0.1, -0.05) is 11.6 Å². The van der Waals surface area contributed by atoms with Crippen molar-refractivity contribution in [1.82, 2.24) is 14.3 Å². The number of methoxy groups -OCH3 is 1. The molecule has 1 N–H and O–H groups in total. The Kier molecular flexibility index (Phi) is 4.59. The van der Waals surface area contributed by atoms with Crippen LogP contribution in [0.4, 0.5) is 11.4 Å². The van der Waals surface area contributed by atoms with E-state index in [9.17, 15) is 4.79 Å². The summed E-state index contributed by atoms with van der Waals surface area (Å²) < 4.78 is 8.56. The van der Waals surface area contributed by atoms with Gasteiger partial charge in [-0.15, -0.1) is 0 Å². The second-order valence-electron chi connectivity index (χ2n) is 5.59. The zero-order valence-electron chi connectivity index (χ0n) is 13.8. The summed E-state index contributed by atoms with van der Waals surface area (Å²) in [6, 6.07) is 5.83. The van der Waals surface area contributed by atoms with Crippen molar-refractivity contribution in [2.24, 2.45) is 7.05 Å². The third-order valence-electron chi connectivity index (χ3n) is 4.08. The van der Waals surface area contributed by atoms with Crippen LogP contribution in [0.5, 0.6) is 0 Å². The molecule has 2 aromatic heterocycles. The van der Waals surface area contributed by atoms with Crippen LogP contribution in [0, 0.1) is 6.92 Å². The van der Waals surface area contributed by atoms with Crippen LogP contribution in [0.3, 0.4) is 0 Å². The molecule has 0 radical (unpaired) electrons. The third kappa shape index (κ3) is 2.90. The van der Waals surface area contributed by atoms with Gasteiger partial charge < -0.3 is 14.6 Å². The fraction of sp³-hybridized carbons (Fsp3) is 0.294. The molecule has 126 valence electrons. The molecule has 0 aliphatic heterocycles. The first-order valence-electron chi connectivity index (χ1n) is 7.59. The quantitative estimate of drug-likeness (QED) is 0.771. The molecule has 3 rings (SSSR count). The first-order chi connectivity index (χ1) is 11.5.